The largest absolute Gasteiger partial charge is 0.379 e. The van der Waals surface area contributed by atoms with Gasteiger partial charge in [0.25, 0.3) is 0 Å². The Kier molecular flexibility index (Phi) is 10.8. The predicted molar refractivity (Wildman–Crippen MR) is 126 cm³/mol. The number of halogens is 1. The maximum Gasteiger partial charge on any atom is 0.243 e. The summed E-state index contributed by atoms with van der Waals surface area (Å²) >= 11 is 0. The molecule has 1 fully saturated rings. The molecule has 0 unspecified atom stereocenters. The van der Waals surface area contributed by atoms with Crippen LogP contribution in [0.1, 0.15) is 26.3 Å². The molecule has 8 heteroatoms. The van der Waals surface area contributed by atoms with E-state index in [1.807, 2.05) is 18.2 Å². The highest BCUT2D eigenvalue weighted by Gasteiger charge is 2.28. The summed E-state index contributed by atoms with van der Waals surface area (Å²) in [4.78, 5) is 18.8. The molecular formula is C20H34IN5O2. The summed E-state index contributed by atoms with van der Waals surface area (Å²) in [7, 11) is 1.71. The van der Waals surface area contributed by atoms with Gasteiger partial charge in [0, 0.05) is 37.9 Å². The van der Waals surface area contributed by atoms with E-state index in [2.05, 4.69) is 52.7 Å². The number of rotatable bonds is 7. The van der Waals surface area contributed by atoms with Crippen LogP contribution >= 0.6 is 24.0 Å². The van der Waals surface area contributed by atoms with Gasteiger partial charge in [0.2, 0.25) is 5.91 Å². The highest BCUT2D eigenvalue weighted by Crippen LogP contribution is 2.15. The molecule has 1 heterocycles. The molecule has 0 atom stereocenters. The lowest BCUT2D eigenvalue weighted by Crippen LogP contribution is -2.56. The number of hydrogen-bond donors (Lipinski definition) is 3. The number of aryl methyl sites for hydroxylation is 1. The van der Waals surface area contributed by atoms with Gasteiger partial charge in [-0.2, -0.15) is 0 Å². The summed E-state index contributed by atoms with van der Waals surface area (Å²) in [6.07, 6.45) is 0.942. The number of ether oxygens (including phenoxy) is 1. The van der Waals surface area contributed by atoms with Crippen LogP contribution in [0.2, 0.25) is 0 Å². The number of aliphatic imine (C=N–C) groups is 1. The van der Waals surface area contributed by atoms with Crippen LogP contribution in [-0.2, 0) is 16.0 Å². The third kappa shape index (κ3) is 7.92. The molecule has 1 aromatic carbocycles. The summed E-state index contributed by atoms with van der Waals surface area (Å²) < 4.78 is 5.43. The maximum absolute atomic E-state index is 12.2. The Morgan fingerprint density at radius 2 is 1.96 bits per heavy atom. The molecule has 0 aromatic heterocycles. The minimum atomic E-state index is -0.0985. The number of carbonyl (C=O) groups is 1. The quantitative estimate of drug-likeness (QED) is 0.302. The van der Waals surface area contributed by atoms with Crippen LogP contribution in [0.25, 0.3) is 0 Å². The van der Waals surface area contributed by atoms with Crippen molar-refractivity contribution in [1.82, 2.24) is 15.5 Å². The summed E-state index contributed by atoms with van der Waals surface area (Å²) in [5, 5.41) is 9.31. The van der Waals surface area contributed by atoms with Crippen molar-refractivity contribution in [2.24, 2.45) is 4.99 Å². The van der Waals surface area contributed by atoms with Gasteiger partial charge in [0.05, 0.1) is 19.8 Å². The van der Waals surface area contributed by atoms with Crippen LogP contribution in [0.5, 0.6) is 0 Å². The van der Waals surface area contributed by atoms with Crippen LogP contribution in [0.4, 0.5) is 5.69 Å². The Labute approximate surface area is 185 Å². The van der Waals surface area contributed by atoms with Gasteiger partial charge in [0.1, 0.15) is 0 Å². The fourth-order valence-corrected chi connectivity index (χ4v) is 3.04. The van der Waals surface area contributed by atoms with Crippen LogP contribution < -0.4 is 16.0 Å². The first-order valence-electron chi connectivity index (χ1n) is 9.60. The van der Waals surface area contributed by atoms with Gasteiger partial charge in [-0.15, -0.1) is 24.0 Å². The number of nitrogens with zero attached hydrogens (tertiary/aromatic N) is 2. The van der Waals surface area contributed by atoms with Crippen molar-refractivity contribution in [3.63, 3.8) is 0 Å². The van der Waals surface area contributed by atoms with Crippen molar-refractivity contribution in [1.29, 1.82) is 0 Å². The number of amides is 1. The Bertz CT molecular complexity index is 645. The first kappa shape index (κ1) is 24.6. The molecule has 158 valence electrons. The number of nitrogens with one attached hydrogen (secondary N) is 3. The van der Waals surface area contributed by atoms with Crippen LogP contribution in [0.15, 0.2) is 29.3 Å². The maximum atomic E-state index is 12.2. The molecule has 28 heavy (non-hydrogen) atoms. The van der Waals surface area contributed by atoms with Crippen molar-refractivity contribution in [3.8, 4) is 0 Å². The number of guanidine groups is 1. The fraction of sp³-hybridized carbons (Fsp3) is 0.600. The van der Waals surface area contributed by atoms with Crippen molar-refractivity contribution >= 4 is 41.5 Å². The van der Waals surface area contributed by atoms with E-state index < -0.39 is 0 Å². The molecule has 0 bridgehead atoms. The average molecular weight is 503 g/mol. The normalized spacial score (nSPS) is 15.5. The van der Waals surface area contributed by atoms with Gasteiger partial charge in [-0.3, -0.25) is 14.7 Å². The number of hydrogen-bond acceptors (Lipinski definition) is 4. The Balaban J connectivity index is 0.00000392. The second kappa shape index (κ2) is 12.2. The van der Waals surface area contributed by atoms with E-state index in [1.54, 1.807) is 7.05 Å². The SMILES string of the molecule is CCc1cccc(NC(=O)CNC(=NC)NCC(C)(C)N2CCOCC2)c1.I. The lowest BCUT2D eigenvalue weighted by atomic mass is 10.0. The topological polar surface area (TPSA) is 78.0 Å². The van der Waals surface area contributed by atoms with Gasteiger partial charge in [-0.1, -0.05) is 19.1 Å². The summed E-state index contributed by atoms with van der Waals surface area (Å²) in [5.41, 5.74) is 1.99. The lowest BCUT2D eigenvalue weighted by molar-refractivity contribution is -0.115. The van der Waals surface area contributed by atoms with Gasteiger partial charge in [-0.05, 0) is 38.0 Å². The van der Waals surface area contributed by atoms with Gasteiger partial charge < -0.3 is 20.7 Å². The van der Waals surface area contributed by atoms with Crippen molar-refractivity contribution < 1.29 is 9.53 Å². The minimum absolute atomic E-state index is 0. The molecule has 1 saturated heterocycles. The van der Waals surface area contributed by atoms with E-state index >= 15 is 0 Å². The monoisotopic (exact) mass is 503 g/mol. The number of carbonyl (C=O) groups excluding carboxylic acids is 1. The molecule has 1 aromatic rings. The first-order chi connectivity index (χ1) is 12.9. The standard InChI is InChI=1S/C20H33N5O2.HI/c1-5-16-7-6-8-17(13-16)24-18(26)14-22-19(21-4)23-15-20(2,3)25-9-11-27-12-10-25;/h6-8,13H,5,9-12,14-15H2,1-4H3,(H,24,26)(H2,21,22,23);1H. The van der Waals surface area contributed by atoms with Gasteiger partial charge >= 0.3 is 0 Å². The average Bonchev–Trinajstić information content (AvgIpc) is 2.69. The number of benzene rings is 1. The van der Waals surface area contributed by atoms with Gasteiger partial charge in [0.15, 0.2) is 5.96 Å². The predicted octanol–water partition coefficient (Wildman–Crippen LogP) is 2.08. The Morgan fingerprint density at radius 1 is 1.25 bits per heavy atom. The fourth-order valence-electron chi connectivity index (χ4n) is 3.04. The van der Waals surface area contributed by atoms with Crippen molar-refractivity contribution in [3.05, 3.63) is 29.8 Å². The first-order valence-corrected chi connectivity index (χ1v) is 9.60. The molecular weight excluding hydrogens is 469 g/mol. The van der Waals surface area contributed by atoms with E-state index in [9.17, 15) is 4.79 Å². The summed E-state index contributed by atoms with van der Waals surface area (Å²) in [5.74, 6) is 0.521. The smallest absolute Gasteiger partial charge is 0.243 e. The third-order valence-electron chi connectivity index (χ3n) is 4.81. The molecule has 1 aliphatic heterocycles. The zero-order valence-electron chi connectivity index (χ0n) is 17.4. The molecule has 3 N–H and O–H groups in total. The van der Waals surface area contributed by atoms with Gasteiger partial charge in [-0.25, -0.2) is 0 Å². The van der Waals surface area contributed by atoms with E-state index in [4.69, 9.17) is 4.74 Å². The van der Waals surface area contributed by atoms with E-state index in [1.165, 1.54) is 5.56 Å². The molecule has 0 saturated carbocycles. The Hall–Kier alpha value is -1.39. The van der Waals surface area contributed by atoms with Crippen LogP contribution in [0.3, 0.4) is 0 Å². The zero-order chi connectivity index (χ0) is 19.7. The highest BCUT2D eigenvalue weighted by atomic mass is 127. The molecule has 1 amide bonds. The molecule has 2 rings (SSSR count). The molecule has 7 nitrogen and oxygen atoms in total. The van der Waals surface area contributed by atoms with Crippen molar-refractivity contribution in [2.75, 3.05) is 51.8 Å². The second-order valence-electron chi connectivity index (χ2n) is 7.29. The summed E-state index contributed by atoms with van der Waals surface area (Å²) in [6, 6.07) is 7.90. The molecule has 0 aliphatic carbocycles. The van der Waals surface area contributed by atoms with Crippen LogP contribution in [0, 0.1) is 0 Å². The zero-order valence-corrected chi connectivity index (χ0v) is 19.7. The highest BCUT2D eigenvalue weighted by molar-refractivity contribution is 14.0. The Morgan fingerprint density at radius 3 is 2.61 bits per heavy atom. The molecule has 0 spiro atoms. The minimum Gasteiger partial charge on any atom is -0.379 e. The summed E-state index contributed by atoms with van der Waals surface area (Å²) in [6.45, 7) is 10.8. The van der Waals surface area contributed by atoms with Crippen LogP contribution in [-0.4, -0.2) is 68.7 Å². The second-order valence-corrected chi connectivity index (χ2v) is 7.29. The third-order valence-corrected chi connectivity index (χ3v) is 4.81. The van der Waals surface area contributed by atoms with Crippen molar-refractivity contribution in [2.45, 2.75) is 32.7 Å². The van der Waals surface area contributed by atoms with E-state index in [0.717, 1.165) is 45.0 Å². The lowest BCUT2D eigenvalue weighted by Gasteiger charge is -2.41. The van der Waals surface area contributed by atoms with E-state index in [0.29, 0.717) is 5.96 Å². The van der Waals surface area contributed by atoms with E-state index in [-0.39, 0.29) is 42.0 Å². The molecule has 0 radical (unpaired) electrons. The number of anilines is 1. The molecule has 1 aliphatic rings. The number of morpholine rings is 1.